The van der Waals surface area contributed by atoms with Crippen LogP contribution in [0.3, 0.4) is 0 Å². The fourth-order valence-electron chi connectivity index (χ4n) is 2.53. The molecule has 0 spiro atoms. The topological polar surface area (TPSA) is 51.8 Å². The molecule has 1 fully saturated rings. The van der Waals surface area contributed by atoms with Gasteiger partial charge in [0.25, 0.3) is 0 Å². The SMILES string of the molecule is CC(CN)Cc1nccc(C2CCCCC2)n1. The van der Waals surface area contributed by atoms with Gasteiger partial charge >= 0.3 is 0 Å². The molecule has 1 aromatic rings. The van der Waals surface area contributed by atoms with Crippen LogP contribution in [0.2, 0.25) is 0 Å². The second-order valence-electron chi connectivity index (χ2n) is 5.28. The highest BCUT2D eigenvalue weighted by Crippen LogP contribution is 2.31. The van der Waals surface area contributed by atoms with Gasteiger partial charge in [-0.2, -0.15) is 0 Å². The quantitative estimate of drug-likeness (QED) is 0.870. The van der Waals surface area contributed by atoms with Crippen molar-refractivity contribution in [2.24, 2.45) is 11.7 Å². The molecule has 3 heteroatoms. The summed E-state index contributed by atoms with van der Waals surface area (Å²) in [5, 5.41) is 0. The van der Waals surface area contributed by atoms with Crippen LogP contribution < -0.4 is 5.73 Å². The number of aromatic nitrogens is 2. The van der Waals surface area contributed by atoms with E-state index >= 15 is 0 Å². The lowest BCUT2D eigenvalue weighted by Gasteiger charge is -2.21. The van der Waals surface area contributed by atoms with Crippen LogP contribution in [0, 0.1) is 5.92 Å². The Morgan fingerprint density at radius 1 is 1.35 bits per heavy atom. The van der Waals surface area contributed by atoms with Crippen molar-refractivity contribution in [2.75, 3.05) is 6.54 Å². The lowest BCUT2D eigenvalue weighted by Crippen LogP contribution is -2.16. The molecule has 17 heavy (non-hydrogen) atoms. The van der Waals surface area contributed by atoms with Gasteiger partial charge in [0.05, 0.1) is 0 Å². The first-order valence-corrected chi connectivity index (χ1v) is 6.81. The largest absolute Gasteiger partial charge is 0.330 e. The summed E-state index contributed by atoms with van der Waals surface area (Å²) in [6, 6.07) is 2.09. The highest BCUT2D eigenvalue weighted by atomic mass is 14.9. The van der Waals surface area contributed by atoms with E-state index in [9.17, 15) is 0 Å². The normalized spacial score (nSPS) is 19.2. The second kappa shape index (κ2) is 6.10. The first-order valence-electron chi connectivity index (χ1n) is 6.81. The third-order valence-electron chi connectivity index (χ3n) is 3.68. The fraction of sp³-hybridized carbons (Fsp3) is 0.714. The van der Waals surface area contributed by atoms with Crippen LogP contribution in [-0.2, 0) is 6.42 Å². The fourth-order valence-corrected chi connectivity index (χ4v) is 2.53. The highest BCUT2D eigenvalue weighted by Gasteiger charge is 2.17. The Morgan fingerprint density at radius 2 is 2.12 bits per heavy atom. The molecule has 0 saturated heterocycles. The average molecular weight is 233 g/mol. The van der Waals surface area contributed by atoms with Gasteiger partial charge in [0.15, 0.2) is 0 Å². The minimum atomic E-state index is 0.469. The molecule has 1 aliphatic rings. The Bertz CT molecular complexity index is 345. The zero-order chi connectivity index (χ0) is 12.1. The van der Waals surface area contributed by atoms with E-state index in [1.165, 1.54) is 37.8 Å². The first-order chi connectivity index (χ1) is 8.29. The predicted molar refractivity (Wildman–Crippen MR) is 69.8 cm³/mol. The number of hydrogen-bond acceptors (Lipinski definition) is 3. The molecule has 0 radical (unpaired) electrons. The smallest absolute Gasteiger partial charge is 0.128 e. The Kier molecular flexibility index (Phi) is 4.49. The lowest BCUT2D eigenvalue weighted by atomic mass is 9.87. The Hall–Kier alpha value is -0.960. The third kappa shape index (κ3) is 3.50. The summed E-state index contributed by atoms with van der Waals surface area (Å²) in [6.07, 6.45) is 9.49. The first kappa shape index (κ1) is 12.5. The van der Waals surface area contributed by atoms with Crippen molar-refractivity contribution in [1.29, 1.82) is 0 Å². The van der Waals surface area contributed by atoms with E-state index in [4.69, 9.17) is 10.7 Å². The molecule has 2 N–H and O–H groups in total. The summed E-state index contributed by atoms with van der Waals surface area (Å²) in [6.45, 7) is 2.85. The second-order valence-corrected chi connectivity index (χ2v) is 5.28. The van der Waals surface area contributed by atoms with E-state index < -0.39 is 0 Å². The summed E-state index contributed by atoms with van der Waals surface area (Å²) in [5.74, 6) is 2.10. The molecule has 2 rings (SSSR count). The van der Waals surface area contributed by atoms with Crippen LogP contribution in [0.25, 0.3) is 0 Å². The average Bonchev–Trinajstić information content (AvgIpc) is 2.40. The van der Waals surface area contributed by atoms with E-state index in [0.29, 0.717) is 18.4 Å². The molecule has 0 aromatic carbocycles. The molecule has 0 amide bonds. The molecular weight excluding hydrogens is 210 g/mol. The van der Waals surface area contributed by atoms with Crippen molar-refractivity contribution in [2.45, 2.75) is 51.4 Å². The molecule has 3 nitrogen and oxygen atoms in total. The molecule has 1 atom stereocenters. The van der Waals surface area contributed by atoms with E-state index in [2.05, 4.69) is 18.0 Å². The molecule has 0 bridgehead atoms. The Labute approximate surface area is 104 Å². The summed E-state index contributed by atoms with van der Waals surface area (Å²) < 4.78 is 0. The van der Waals surface area contributed by atoms with Crippen molar-refractivity contribution >= 4 is 0 Å². The third-order valence-corrected chi connectivity index (χ3v) is 3.68. The van der Waals surface area contributed by atoms with Crippen LogP contribution >= 0.6 is 0 Å². The van der Waals surface area contributed by atoms with Crippen LogP contribution in [-0.4, -0.2) is 16.5 Å². The maximum atomic E-state index is 5.65. The van der Waals surface area contributed by atoms with Gasteiger partial charge in [0, 0.05) is 24.2 Å². The van der Waals surface area contributed by atoms with Gasteiger partial charge in [0.1, 0.15) is 5.82 Å². The lowest BCUT2D eigenvalue weighted by molar-refractivity contribution is 0.434. The van der Waals surface area contributed by atoms with Gasteiger partial charge < -0.3 is 5.73 Å². The highest BCUT2D eigenvalue weighted by molar-refractivity contribution is 5.09. The molecular formula is C14H23N3. The van der Waals surface area contributed by atoms with Crippen LogP contribution in [0.1, 0.15) is 56.5 Å². The van der Waals surface area contributed by atoms with Crippen molar-refractivity contribution in [3.63, 3.8) is 0 Å². The van der Waals surface area contributed by atoms with Gasteiger partial charge in [-0.3, -0.25) is 0 Å². The number of rotatable bonds is 4. The van der Waals surface area contributed by atoms with Crippen LogP contribution in [0.4, 0.5) is 0 Å². The van der Waals surface area contributed by atoms with Crippen molar-refractivity contribution < 1.29 is 0 Å². The standard InChI is InChI=1S/C14H23N3/c1-11(10-15)9-14-16-8-7-13(17-14)12-5-3-2-4-6-12/h7-8,11-12H,2-6,9-10,15H2,1H3. The van der Waals surface area contributed by atoms with Gasteiger partial charge in [-0.05, 0) is 31.4 Å². The summed E-state index contributed by atoms with van der Waals surface area (Å²) >= 11 is 0. The monoisotopic (exact) mass is 233 g/mol. The summed E-state index contributed by atoms with van der Waals surface area (Å²) in [7, 11) is 0. The van der Waals surface area contributed by atoms with E-state index in [-0.39, 0.29) is 0 Å². The van der Waals surface area contributed by atoms with E-state index in [1.807, 2.05) is 6.20 Å². The Morgan fingerprint density at radius 3 is 2.82 bits per heavy atom. The predicted octanol–water partition coefficient (Wildman–Crippen LogP) is 2.66. The summed E-state index contributed by atoms with van der Waals surface area (Å²) in [4.78, 5) is 9.07. The number of nitrogens with zero attached hydrogens (tertiary/aromatic N) is 2. The zero-order valence-electron chi connectivity index (χ0n) is 10.7. The molecule has 0 aliphatic heterocycles. The molecule has 1 heterocycles. The van der Waals surface area contributed by atoms with Crippen molar-refractivity contribution in [3.05, 3.63) is 23.8 Å². The zero-order valence-corrected chi connectivity index (χ0v) is 10.7. The maximum absolute atomic E-state index is 5.65. The van der Waals surface area contributed by atoms with Crippen molar-refractivity contribution in [3.8, 4) is 0 Å². The molecule has 1 saturated carbocycles. The van der Waals surface area contributed by atoms with Gasteiger partial charge in [0.2, 0.25) is 0 Å². The van der Waals surface area contributed by atoms with Gasteiger partial charge in [-0.1, -0.05) is 26.2 Å². The minimum Gasteiger partial charge on any atom is -0.330 e. The van der Waals surface area contributed by atoms with Crippen LogP contribution in [0.15, 0.2) is 12.3 Å². The molecule has 1 unspecified atom stereocenters. The molecule has 1 aromatic heterocycles. The minimum absolute atomic E-state index is 0.469. The van der Waals surface area contributed by atoms with Crippen molar-refractivity contribution in [1.82, 2.24) is 9.97 Å². The van der Waals surface area contributed by atoms with E-state index in [0.717, 1.165) is 12.2 Å². The number of hydrogen-bond donors (Lipinski definition) is 1. The number of nitrogens with two attached hydrogens (primary N) is 1. The Balaban J connectivity index is 2.05. The van der Waals surface area contributed by atoms with Gasteiger partial charge in [-0.15, -0.1) is 0 Å². The van der Waals surface area contributed by atoms with E-state index in [1.54, 1.807) is 0 Å². The van der Waals surface area contributed by atoms with Crippen LogP contribution in [0.5, 0.6) is 0 Å². The molecule has 94 valence electrons. The molecule has 1 aliphatic carbocycles. The maximum Gasteiger partial charge on any atom is 0.128 e. The van der Waals surface area contributed by atoms with Gasteiger partial charge in [-0.25, -0.2) is 9.97 Å². The summed E-state index contributed by atoms with van der Waals surface area (Å²) in [5.41, 5.74) is 6.89.